The molecule has 78 valence electrons. The minimum atomic E-state index is -1.30. The van der Waals surface area contributed by atoms with Crippen molar-refractivity contribution in [2.45, 2.75) is 58.9 Å². The second kappa shape index (κ2) is 5.61. The van der Waals surface area contributed by atoms with E-state index in [0.717, 1.165) is 19.3 Å². The van der Waals surface area contributed by atoms with Crippen molar-refractivity contribution < 1.29 is 5.11 Å². The van der Waals surface area contributed by atoms with Crippen LogP contribution in [0.25, 0.3) is 0 Å². The first-order chi connectivity index (χ1) is 5.93. The molecule has 0 saturated heterocycles. The van der Waals surface area contributed by atoms with Crippen LogP contribution in [0.2, 0.25) is 19.6 Å². The SMILES string of the molecule is CC/C=C(/C(O)CCC)[Si](C)(C)C. The van der Waals surface area contributed by atoms with E-state index in [1.165, 1.54) is 5.20 Å². The van der Waals surface area contributed by atoms with Crippen molar-refractivity contribution in [3.8, 4) is 0 Å². The van der Waals surface area contributed by atoms with Gasteiger partial charge >= 0.3 is 0 Å². The normalized spacial score (nSPS) is 16.0. The maximum absolute atomic E-state index is 9.94. The van der Waals surface area contributed by atoms with E-state index >= 15 is 0 Å². The quantitative estimate of drug-likeness (QED) is 0.675. The Morgan fingerprint density at radius 2 is 1.85 bits per heavy atom. The summed E-state index contributed by atoms with van der Waals surface area (Å²) in [6, 6.07) is 0. The zero-order valence-electron chi connectivity index (χ0n) is 9.72. The van der Waals surface area contributed by atoms with Gasteiger partial charge in [0.2, 0.25) is 0 Å². The fourth-order valence-electron chi connectivity index (χ4n) is 1.59. The molecule has 0 heterocycles. The van der Waals surface area contributed by atoms with E-state index in [9.17, 15) is 5.11 Å². The third-order valence-electron chi connectivity index (χ3n) is 2.21. The average Bonchev–Trinajstić information content (AvgIpc) is 1.98. The molecule has 0 aromatic carbocycles. The topological polar surface area (TPSA) is 20.2 Å². The third-order valence-corrected chi connectivity index (χ3v) is 4.48. The molecule has 0 aromatic heterocycles. The lowest BCUT2D eigenvalue weighted by molar-refractivity contribution is 0.205. The van der Waals surface area contributed by atoms with Crippen molar-refractivity contribution in [2.75, 3.05) is 0 Å². The summed E-state index contributed by atoms with van der Waals surface area (Å²) in [5.74, 6) is 0. The zero-order valence-corrected chi connectivity index (χ0v) is 10.7. The highest BCUT2D eigenvalue weighted by Gasteiger charge is 2.24. The minimum Gasteiger partial charge on any atom is -0.389 e. The molecule has 1 atom stereocenters. The van der Waals surface area contributed by atoms with Gasteiger partial charge in [0.25, 0.3) is 0 Å². The maximum Gasteiger partial charge on any atom is 0.0753 e. The van der Waals surface area contributed by atoms with E-state index in [4.69, 9.17) is 0 Å². The maximum atomic E-state index is 9.94. The van der Waals surface area contributed by atoms with Crippen molar-refractivity contribution in [2.24, 2.45) is 0 Å². The summed E-state index contributed by atoms with van der Waals surface area (Å²) in [6.45, 7) is 11.2. The first-order valence-corrected chi connectivity index (χ1v) is 8.82. The third kappa shape index (κ3) is 4.63. The van der Waals surface area contributed by atoms with Gasteiger partial charge in [0.1, 0.15) is 0 Å². The lowest BCUT2D eigenvalue weighted by Gasteiger charge is -2.25. The number of aliphatic hydroxyl groups excluding tert-OH is 1. The molecule has 0 fully saturated rings. The summed E-state index contributed by atoms with van der Waals surface area (Å²) in [7, 11) is -1.30. The van der Waals surface area contributed by atoms with Gasteiger partial charge < -0.3 is 5.11 Å². The van der Waals surface area contributed by atoms with Crippen LogP contribution in [0.4, 0.5) is 0 Å². The number of aliphatic hydroxyl groups is 1. The second-order valence-electron chi connectivity index (χ2n) is 4.62. The molecule has 0 saturated carbocycles. The highest BCUT2D eigenvalue weighted by Crippen LogP contribution is 2.21. The summed E-state index contributed by atoms with van der Waals surface area (Å²) in [5.41, 5.74) is 0. The summed E-state index contributed by atoms with van der Waals surface area (Å²) in [5, 5.41) is 11.3. The Hall–Kier alpha value is -0.0831. The van der Waals surface area contributed by atoms with E-state index in [0.29, 0.717) is 0 Å². The fraction of sp³-hybridized carbons (Fsp3) is 0.818. The van der Waals surface area contributed by atoms with Crippen molar-refractivity contribution in [1.29, 1.82) is 0 Å². The molecule has 0 aliphatic carbocycles. The minimum absolute atomic E-state index is 0.184. The summed E-state index contributed by atoms with van der Waals surface area (Å²) < 4.78 is 0. The predicted molar refractivity (Wildman–Crippen MR) is 62.6 cm³/mol. The first-order valence-electron chi connectivity index (χ1n) is 5.32. The lowest BCUT2D eigenvalue weighted by Crippen LogP contribution is -2.32. The number of hydrogen-bond donors (Lipinski definition) is 1. The number of hydrogen-bond acceptors (Lipinski definition) is 1. The van der Waals surface area contributed by atoms with E-state index < -0.39 is 8.07 Å². The van der Waals surface area contributed by atoms with Crippen molar-refractivity contribution in [1.82, 2.24) is 0 Å². The molecule has 1 unspecified atom stereocenters. The van der Waals surface area contributed by atoms with Gasteiger partial charge in [-0.05, 0) is 12.8 Å². The largest absolute Gasteiger partial charge is 0.389 e. The summed E-state index contributed by atoms with van der Waals surface area (Å²) >= 11 is 0. The van der Waals surface area contributed by atoms with Crippen LogP contribution in [0, 0.1) is 0 Å². The van der Waals surface area contributed by atoms with Gasteiger partial charge in [-0.1, -0.05) is 51.2 Å². The standard InChI is InChI=1S/C11H24OSi/c1-6-8-10(12)11(9-7-2)13(3,4)5/h9-10,12H,6-8H2,1-5H3/b11-9-. The van der Waals surface area contributed by atoms with Crippen LogP contribution < -0.4 is 0 Å². The Labute approximate surface area is 83.9 Å². The number of rotatable bonds is 5. The number of allylic oxidation sites excluding steroid dienone is 1. The molecule has 1 nitrogen and oxygen atoms in total. The molecule has 0 amide bonds. The van der Waals surface area contributed by atoms with Crippen molar-refractivity contribution in [3.63, 3.8) is 0 Å². The molecule has 1 N–H and O–H groups in total. The van der Waals surface area contributed by atoms with Crippen molar-refractivity contribution >= 4 is 8.07 Å². The molecule has 0 rings (SSSR count). The Kier molecular flexibility index (Phi) is 5.57. The summed E-state index contributed by atoms with van der Waals surface area (Å²) in [6.07, 6.45) is 5.06. The lowest BCUT2D eigenvalue weighted by atomic mass is 10.2. The monoisotopic (exact) mass is 200 g/mol. The predicted octanol–water partition coefficient (Wildman–Crippen LogP) is 3.36. The Balaban J connectivity index is 4.52. The molecule has 2 heteroatoms. The highest BCUT2D eigenvalue weighted by atomic mass is 28.3. The van der Waals surface area contributed by atoms with Gasteiger partial charge in [-0.3, -0.25) is 0 Å². The van der Waals surface area contributed by atoms with E-state index in [1.54, 1.807) is 0 Å². The average molecular weight is 200 g/mol. The summed E-state index contributed by atoms with van der Waals surface area (Å²) in [4.78, 5) is 0. The van der Waals surface area contributed by atoms with E-state index in [-0.39, 0.29) is 6.10 Å². The first kappa shape index (κ1) is 12.9. The van der Waals surface area contributed by atoms with Crippen LogP contribution in [0.5, 0.6) is 0 Å². The van der Waals surface area contributed by atoms with Gasteiger partial charge in [-0.25, -0.2) is 0 Å². The Morgan fingerprint density at radius 3 is 2.15 bits per heavy atom. The molecule has 0 aliphatic rings. The van der Waals surface area contributed by atoms with Crippen LogP contribution in [-0.4, -0.2) is 19.3 Å². The molecular weight excluding hydrogens is 176 g/mol. The van der Waals surface area contributed by atoms with E-state index in [1.807, 2.05) is 0 Å². The molecule has 0 radical (unpaired) electrons. The van der Waals surface area contributed by atoms with Crippen LogP contribution in [0.15, 0.2) is 11.3 Å². The fourth-order valence-corrected chi connectivity index (χ4v) is 3.55. The van der Waals surface area contributed by atoms with Crippen LogP contribution in [0.1, 0.15) is 33.1 Å². The Morgan fingerprint density at radius 1 is 1.31 bits per heavy atom. The van der Waals surface area contributed by atoms with Crippen LogP contribution in [0.3, 0.4) is 0 Å². The molecule has 13 heavy (non-hydrogen) atoms. The van der Waals surface area contributed by atoms with Gasteiger partial charge in [0.05, 0.1) is 14.2 Å². The van der Waals surface area contributed by atoms with Gasteiger partial charge in [0.15, 0.2) is 0 Å². The van der Waals surface area contributed by atoms with Crippen molar-refractivity contribution in [3.05, 3.63) is 11.3 Å². The van der Waals surface area contributed by atoms with Crippen LogP contribution in [-0.2, 0) is 0 Å². The smallest absolute Gasteiger partial charge is 0.0753 e. The van der Waals surface area contributed by atoms with Gasteiger partial charge in [-0.15, -0.1) is 0 Å². The second-order valence-corrected chi connectivity index (χ2v) is 9.70. The van der Waals surface area contributed by atoms with Crippen LogP contribution >= 0.6 is 0 Å². The molecular formula is C11H24OSi. The Bertz CT molecular complexity index is 167. The molecule has 0 aliphatic heterocycles. The zero-order chi connectivity index (χ0) is 10.5. The molecule has 0 bridgehead atoms. The highest BCUT2D eigenvalue weighted by molar-refractivity contribution is 6.83. The van der Waals surface area contributed by atoms with E-state index in [2.05, 4.69) is 39.6 Å². The molecule has 0 spiro atoms. The molecule has 0 aromatic rings. The van der Waals surface area contributed by atoms with Gasteiger partial charge in [0, 0.05) is 0 Å². The van der Waals surface area contributed by atoms with Gasteiger partial charge in [-0.2, -0.15) is 0 Å².